The minimum atomic E-state index is -1.01. The van der Waals surface area contributed by atoms with Gasteiger partial charge in [-0.25, -0.2) is 0 Å². The first-order valence-electron chi connectivity index (χ1n) is 9.29. The van der Waals surface area contributed by atoms with Crippen LogP contribution in [0.5, 0.6) is 0 Å². The zero-order valence-electron chi connectivity index (χ0n) is 15.8. The van der Waals surface area contributed by atoms with Crippen LogP contribution in [0.4, 0.5) is 0 Å². The van der Waals surface area contributed by atoms with E-state index in [0.29, 0.717) is 19.6 Å². The Balaban J connectivity index is 1.77. The molecule has 25 heavy (non-hydrogen) atoms. The predicted molar refractivity (Wildman–Crippen MR) is 100 cm³/mol. The lowest BCUT2D eigenvalue weighted by molar-refractivity contribution is -0.149. The van der Waals surface area contributed by atoms with Gasteiger partial charge in [-0.15, -0.1) is 0 Å². The molecule has 0 spiro atoms. The minimum Gasteiger partial charge on any atom is -0.355 e. The summed E-state index contributed by atoms with van der Waals surface area (Å²) in [4.78, 5) is 29.4. The predicted octanol–water partition coefficient (Wildman–Crippen LogP) is 1.93. The molecule has 138 valence electrons. The van der Waals surface area contributed by atoms with Gasteiger partial charge in [-0.3, -0.25) is 9.59 Å². The molecular weight excluding hydrogens is 314 g/mol. The van der Waals surface area contributed by atoms with E-state index in [-0.39, 0.29) is 11.8 Å². The molecule has 5 heteroatoms. The Morgan fingerprint density at radius 3 is 2.32 bits per heavy atom. The van der Waals surface area contributed by atoms with Crippen LogP contribution in [-0.2, 0) is 16.0 Å². The largest absolute Gasteiger partial charge is 0.355 e. The van der Waals surface area contributed by atoms with Gasteiger partial charge in [0.2, 0.25) is 11.8 Å². The first kappa shape index (κ1) is 19.4. The van der Waals surface area contributed by atoms with Crippen LogP contribution in [0.2, 0.25) is 0 Å². The van der Waals surface area contributed by atoms with E-state index in [2.05, 4.69) is 29.3 Å². The fourth-order valence-electron chi connectivity index (χ4n) is 3.12. The summed E-state index contributed by atoms with van der Waals surface area (Å²) in [6.07, 6.45) is 1.80. The van der Waals surface area contributed by atoms with Crippen LogP contribution < -0.4 is 5.32 Å². The molecule has 0 aliphatic carbocycles. The van der Waals surface area contributed by atoms with E-state index in [1.807, 2.05) is 23.1 Å². The number of aryl methyl sites for hydroxylation is 1. The molecule has 1 fully saturated rings. The molecule has 1 heterocycles. The van der Waals surface area contributed by atoms with Crippen molar-refractivity contribution < 1.29 is 9.59 Å². The van der Waals surface area contributed by atoms with Crippen molar-refractivity contribution in [3.63, 3.8) is 0 Å². The molecule has 2 amide bonds. The van der Waals surface area contributed by atoms with Crippen molar-refractivity contribution in [2.45, 2.75) is 33.6 Å². The average molecular weight is 345 g/mol. The number of carbonyl (C=O) groups is 2. The first-order valence-corrected chi connectivity index (χ1v) is 9.29. The van der Waals surface area contributed by atoms with Crippen molar-refractivity contribution in [1.82, 2.24) is 15.1 Å². The third-order valence-electron chi connectivity index (χ3n) is 4.98. The standard InChI is InChI=1S/C20H31N3O2/c1-4-22-13-15-23(16-14-22)19(25)20(2,3)18(24)21-12-8-11-17-9-6-5-7-10-17/h5-7,9-10H,4,8,11-16H2,1-3H3,(H,21,24). The highest BCUT2D eigenvalue weighted by molar-refractivity contribution is 6.04. The molecule has 0 atom stereocenters. The Morgan fingerprint density at radius 1 is 1.08 bits per heavy atom. The molecule has 1 saturated heterocycles. The van der Waals surface area contributed by atoms with E-state index in [4.69, 9.17) is 0 Å². The van der Waals surface area contributed by atoms with Crippen LogP contribution in [-0.4, -0.2) is 60.9 Å². The van der Waals surface area contributed by atoms with Crippen LogP contribution in [0.25, 0.3) is 0 Å². The number of nitrogens with one attached hydrogen (secondary N) is 1. The molecule has 5 nitrogen and oxygen atoms in total. The van der Waals surface area contributed by atoms with Crippen LogP contribution in [0.1, 0.15) is 32.8 Å². The molecule has 0 bridgehead atoms. The second-order valence-electron chi connectivity index (χ2n) is 7.20. The fraction of sp³-hybridized carbons (Fsp3) is 0.600. The van der Waals surface area contributed by atoms with Crippen LogP contribution in [0.15, 0.2) is 30.3 Å². The lowest BCUT2D eigenvalue weighted by Gasteiger charge is -2.37. The van der Waals surface area contributed by atoms with Crippen molar-refractivity contribution in [2.75, 3.05) is 39.3 Å². The van der Waals surface area contributed by atoms with Crippen molar-refractivity contribution in [2.24, 2.45) is 5.41 Å². The SMILES string of the molecule is CCN1CCN(C(=O)C(C)(C)C(=O)NCCCc2ccccc2)CC1. The summed E-state index contributed by atoms with van der Waals surface area (Å²) >= 11 is 0. The lowest BCUT2D eigenvalue weighted by Crippen LogP contribution is -2.55. The molecule has 0 aromatic heterocycles. The van der Waals surface area contributed by atoms with Gasteiger partial charge in [0.1, 0.15) is 5.41 Å². The Kier molecular flexibility index (Phi) is 7.00. The van der Waals surface area contributed by atoms with Crippen molar-refractivity contribution in [1.29, 1.82) is 0 Å². The van der Waals surface area contributed by atoms with Gasteiger partial charge >= 0.3 is 0 Å². The van der Waals surface area contributed by atoms with E-state index in [0.717, 1.165) is 32.5 Å². The van der Waals surface area contributed by atoms with Crippen LogP contribution >= 0.6 is 0 Å². The normalized spacial score (nSPS) is 15.9. The molecule has 1 aromatic carbocycles. The van der Waals surface area contributed by atoms with Crippen LogP contribution in [0, 0.1) is 5.41 Å². The number of hydrogen-bond donors (Lipinski definition) is 1. The van der Waals surface area contributed by atoms with Gasteiger partial charge in [-0.1, -0.05) is 37.3 Å². The van der Waals surface area contributed by atoms with Gasteiger partial charge in [0, 0.05) is 32.7 Å². The first-order chi connectivity index (χ1) is 11.9. The second kappa shape index (κ2) is 8.99. The van der Waals surface area contributed by atoms with E-state index >= 15 is 0 Å². The fourth-order valence-corrected chi connectivity index (χ4v) is 3.12. The Morgan fingerprint density at radius 2 is 1.72 bits per heavy atom. The molecule has 1 N–H and O–H groups in total. The van der Waals surface area contributed by atoms with E-state index < -0.39 is 5.41 Å². The van der Waals surface area contributed by atoms with Crippen molar-refractivity contribution in [3.8, 4) is 0 Å². The number of piperazine rings is 1. The number of hydrogen-bond acceptors (Lipinski definition) is 3. The number of nitrogens with zero attached hydrogens (tertiary/aromatic N) is 2. The summed E-state index contributed by atoms with van der Waals surface area (Å²) in [5.41, 5.74) is 0.252. The zero-order valence-corrected chi connectivity index (χ0v) is 15.8. The summed E-state index contributed by atoms with van der Waals surface area (Å²) in [5, 5.41) is 2.94. The monoisotopic (exact) mass is 345 g/mol. The van der Waals surface area contributed by atoms with Gasteiger partial charge in [0.15, 0.2) is 0 Å². The summed E-state index contributed by atoms with van der Waals surface area (Å²) in [7, 11) is 0. The van der Waals surface area contributed by atoms with Gasteiger partial charge < -0.3 is 15.1 Å². The van der Waals surface area contributed by atoms with Gasteiger partial charge in [0.05, 0.1) is 0 Å². The topological polar surface area (TPSA) is 52.7 Å². The average Bonchev–Trinajstić information content (AvgIpc) is 2.65. The maximum absolute atomic E-state index is 12.8. The highest BCUT2D eigenvalue weighted by Crippen LogP contribution is 2.20. The Labute approximate surface area is 151 Å². The van der Waals surface area contributed by atoms with E-state index in [1.54, 1.807) is 13.8 Å². The molecule has 0 radical (unpaired) electrons. The zero-order chi connectivity index (χ0) is 18.3. The third kappa shape index (κ3) is 5.30. The number of amides is 2. The van der Waals surface area contributed by atoms with Gasteiger partial charge in [-0.05, 0) is 38.8 Å². The maximum atomic E-state index is 12.8. The minimum absolute atomic E-state index is 0.0659. The third-order valence-corrected chi connectivity index (χ3v) is 4.98. The van der Waals surface area contributed by atoms with Gasteiger partial charge in [-0.2, -0.15) is 0 Å². The summed E-state index contributed by atoms with van der Waals surface area (Å²) < 4.78 is 0. The quantitative estimate of drug-likeness (QED) is 0.607. The molecular formula is C20H31N3O2. The summed E-state index contributed by atoms with van der Waals surface area (Å²) in [5.74, 6) is -0.243. The molecule has 0 unspecified atom stereocenters. The van der Waals surface area contributed by atoms with Crippen LogP contribution in [0.3, 0.4) is 0 Å². The van der Waals surface area contributed by atoms with E-state index in [1.165, 1.54) is 5.56 Å². The van der Waals surface area contributed by atoms with Gasteiger partial charge in [0.25, 0.3) is 0 Å². The van der Waals surface area contributed by atoms with E-state index in [9.17, 15) is 9.59 Å². The maximum Gasteiger partial charge on any atom is 0.237 e. The van der Waals surface area contributed by atoms with Crippen molar-refractivity contribution >= 4 is 11.8 Å². The number of carbonyl (C=O) groups excluding carboxylic acids is 2. The number of likely N-dealkylation sites (N-methyl/N-ethyl adjacent to an activating group) is 1. The second-order valence-corrected chi connectivity index (χ2v) is 7.20. The Bertz CT molecular complexity index is 564. The molecule has 1 aromatic rings. The highest BCUT2D eigenvalue weighted by Gasteiger charge is 2.39. The Hall–Kier alpha value is -1.88. The number of rotatable bonds is 7. The molecule has 2 rings (SSSR count). The molecule has 1 aliphatic heterocycles. The van der Waals surface area contributed by atoms with Crippen molar-refractivity contribution in [3.05, 3.63) is 35.9 Å². The summed E-state index contributed by atoms with van der Waals surface area (Å²) in [6.45, 7) is 10.4. The molecule has 1 aliphatic rings. The summed E-state index contributed by atoms with van der Waals surface area (Å²) in [6, 6.07) is 10.2. The lowest BCUT2D eigenvalue weighted by atomic mass is 9.90. The smallest absolute Gasteiger partial charge is 0.237 e. The highest BCUT2D eigenvalue weighted by atomic mass is 16.2. The number of benzene rings is 1. The molecule has 0 saturated carbocycles.